The largest absolute Gasteiger partial charge is 0.426 e. The standard InChI is InChI=1S/C13H17N3O/c1-3-16-12(10(2)14)9-15-13(16)17-11-7-5-4-6-8-11/h4-10H,3,14H2,1-2H3. The number of rotatable bonds is 4. The highest BCUT2D eigenvalue weighted by Crippen LogP contribution is 2.23. The number of aromatic nitrogens is 2. The molecule has 1 aromatic carbocycles. The van der Waals surface area contributed by atoms with Crippen molar-refractivity contribution in [2.45, 2.75) is 26.4 Å². The molecule has 0 saturated carbocycles. The summed E-state index contributed by atoms with van der Waals surface area (Å²) >= 11 is 0. The van der Waals surface area contributed by atoms with E-state index in [1.807, 2.05) is 48.7 Å². The zero-order valence-electron chi connectivity index (χ0n) is 10.1. The molecule has 0 bridgehead atoms. The summed E-state index contributed by atoms with van der Waals surface area (Å²) in [7, 11) is 0. The first kappa shape index (κ1) is 11.7. The summed E-state index contributed by atoms with van der Waals surface area (Å²) in [4.78, 5) is 4.26. The van der Waals surface area contributed by atoms with E-state index in [9.17, 15) is 0 Å². The third-order valence-electron chi connectivity index (χ3n) is 2.58. The molecule has 1 aromatic heterocycles. The van der Waals surface area contributed by atoms with Crippen molar-refractivity contribution in [3.05, 3.63) is 42.2 Å². The van der Waals surface area contributed by atoms with Crippen molar-refractivity contribution in [3.8, 4) is 11.8 Å². The summed E-state index contributed by atoms with van der Waals surface area (Å²) in [5.74, 6) is 0.782. The molecule has 17 heavy (non-hydrogen) atoms. The lowest BCUT2D eigenvalue weighted by Crippen LogP contribution is -2.12. The van der Waals surface area contributed by atoms with Crippen LogP contribution in [0.4, 0.5) is 0 Å². The second kappa shape index (κ2) is 5.01. The van der Waals surface area contributed by atoms with Crippen molar-refractivity contribution in [3.63, 3.8) is 0 Å². The normalized spacial score (nSPS) is 12.4. The lowest BCUT2D eigenvalue weighted by molar-refractivity contribution is 0.409. The molecule has 4 heteroatoms. The van der Waals surface area contributed by atoms with Crippen LogP contribution in [0.3, 0.4) is 0 Å². The highest BCUT2D eigenvalue weighted by Gasteiger charge is 2.13. The third kappa shape index (κ3) is 2.47. The van der Waals surface area contributed by atoms with Gasteiger partial charge in [0.1, 0.15) is 5.75 Å². The SMILES string of the molecule is CCn1c(C(C)N)cnc1Oc1ccccc1. The molecule has 0 aliphatic heterocycles. The van der Waals surface area contributed by atoms with Crippen LogP contribution in [0.5, 0.6) is 11.8 Å². The molecule has 0 spiro atoms. The fourth-order valence-corrected chi connectivity index (χ4v) is 1.73. The highest BCUT2D eigenvalue weighted by molar-refractivity contribution is 5.25. The van der Waals surface area contributed by atoms with Gasteiger partial charge in [-0.25, -0.2) is 4.98 Å². The Balaban J connectivity index is 2.28. The van der Waals surface area contributed by atoms with Crippen LogP contribution in [-0.4, -0.2) is 9.55 Å². The first-order valence-corrected chi connectivity index (χ1v) is 5.76. The van der Waals surface area contributed by atoms with Gasteiger partial charge in [0.25, 0.3) is 0 Å². The molecular weight excluding hydrogens is 214 g/mol. The van der Waals surface area contributed by atoms with E-state index < -0.39 is 0 Å². The van der Waals surface area contributed by atoms with Crippen molar-refractivity contribution < 1.29 is 4.74 Å². The number of nitrogens with zero attached hydrogens (tertiary/aromatic N) is 2. The van der Waals surface area contributed by atoms with Crippen molar-refractivity contribution in [1.29, 1.82) is 0 Å². The molecule has 90 valence electrons. The highest BCUT2D eigenvalue weighted by atomic mass is 16.5. The Morgan fingerprint density at radius 3 is 2.65 bits per heavy atom. The van der Waals surface area contributed by atoms with E-state index in [4.69, 9.17) is 10.5 Å². The summed E-state index contributed by atoms with van der Waals surface area (Å²) in [5, 5.41) is 0. The maximum absolute atomic E-state index is 5.88. The van der Waals surface area contributed by atoms with E-state index in [0.717, 1.165) is 18.0 Å². The maximum atomic E-state index is 5.88. The van der Waals surface area contributed by atoms with Gasteiger partial charge in [0.2, 0.25) is 0 Å². The van der Waals surface area contributed by atoms with Gasteiger partial charge < -0.3 is 10.5 Å². The topological polar surface area (TPSA) is 53.1 Å². The van der Waals surface area contributed by atoms with Gasteiger partial charge in [-0.2, -0.15) is 0 Å². The number of benzene rings is 1. The predicted molar refractivity (Wildman–Crippen MR) is 67.0 cm³/mol. The molecule has 4 nitrogen and oxygen atoms in total. The van der Waals surface area contributed by atoms with Gasteiger partial charge in [-0.3, -0.25) is 4.57 Å². The molecule has 2 aromatic rings. The van der Waals surface area contributed by atoms with Gasteiger partial charge in [-0.1, -0.05) is 18.2 Å². The Kier molecular flexibility index (Phi) is 3.44. The Morgan fingerprint density at radius 1 is 1.35 bits per heavy atom. The molecule has 2 N–H and O–H groups in total. The minimum absolute atomic E-state index is 0.0458. The molecule has 0 aliphatic rings. The van der Waals surface area contributed by atoms with Crippen LogP contribution < -0.4 is 10.5 Å². The van der Waals surface area contributed by atoms with Crippen molar-refractivity contribution in [2.24, 2.45) is 5.73 Å². The lowest BCUT2D eigenvalue weighted by Gasteiger charge is -2.11. The van der Waals surface area contributed by atoms with Crippen LogP contribution in [-0.2, 0) is 6.54 Å². The number of para-hydroxylation sites is 1. The molecular formula is C13H17N3O. The maximum Gasteiger partial charge on any atom is 0.302 e. The first-order valence-electron chi connectivity index (χ1n) is 5.76. The molecule has 0 aliphatic carbocycles. The zero-order valence-corrected chi connectivity index (χ0v) is 10.1. The monoisotopic (exact) mass is 231 g/mol. The summed E-state index contributed by atoms with van der Waals surface area (Å²) in [6.45, 7) is 4.78. The number of imidazole rings is 1. The van der Waals surface area contributed by atoms with Gasteiger partial charge in [0.05, 0.1) is 11.9 Å². The average molecular weight is 231 g/mol. The van der Waals surface area contributed by atoms with E-state index in [0.29, 0.717) is 6.01 Å². The van der Waals surface area contributed by atoms with Gasteiger partial charge >= 0.3 is 6.01 Å². The summed E-state index contributed by atoms with van der Waals surface area (Å²) in [5.41, 5.74) is 6.87. The minimum atomic E-state index is -0.0458. The van der Waals surface area contributed by atoms with Crippen LogP contribution in [0, 0.1) is 0 Å². The van der Waals surface area contributed by atoms with E-state index in [2.05, 4.69) is 4.98 Å². The minimum Gasteiger partial charge on any atom is -0.426 e. The fraction of sp³-hybridized carbons (Fsp3) is 0.308. The summed E-state index contributed by atoms with van der Waals surface area (Å²) < 4.78 is 7.71. The zero-order chi connectivity index (χ0) is 12.3. The first-order chi connectivity index (χ1) is 8.22. The van der Waals surface area contributed by atoms with Gasteiger partial charge in [0.15, 0.2) is 0 Å². The fourth-order valence-electron chi connectivity index (χ4n) is 1.73. The Hall–Kier alpha value is -1.81. The van der Waals surface area contributed by atoms with E-state index >= 15 is 0 Å². The van der Waals surface area contributed by atoms with Crippen LogP contribution in [0.2, 0.25) is 0 Å². The molecule has 1 atom stereocenters. The number of nitrogens with two attached hydrogens (primary N) is 1. The molecule has 0 saturated heterocycles. The molecule has 0 fully saturated rings. The van der Waals surface area contributed by atoms with E-state index in [1.54, 1.807) is 6.20 Å². The summed E-state index contributed by atoms with van der Waals surface area (Å²) in [6.07, 6.45) is 1.77. The van der Waals surface area contributed by atoms with Crippen LogP contribution >= 0.6 is 0 Å². The summed E-state index contributed by atoms with van der Waals surface area (Å²) in [6, 6.07) is 10.2. The smallest absolute Gasteiger partial charge is 0.302 e. The lowest BCUT2D eigenvalue weighted by atomic mass is 10.3. The van der Waals surface area contributed by atoms with E-state index in [-0.39, 0.29) is 6.04 Å². The van der Waals surface area contributed by atoms with E-state index in [1.165, 1.54) is 0 Å². The molecule has 0 radical (unpaired) electrons. The van der Waals surface area contributed by atoms with Crippen molar-refractivity contribution in [2.75, 3.05) is 0 Å². The molecule has 2 rings (SSSR count). The number of ether oxygens (including phenoxy) is 1. The predicted octanol–water partition coefficient (Wildman–Crippen LogP) is 2.72. The third-order valence-corrected chi connectivity index (χ3v) is 2.58. The van der Waals surface area contributed by atoms with Crippen LogP contribution in [0.15, 0.2) is 36.5 Å². The second-order valence-electron chi connectivity index (χ2n) is 3.91. The van der Waals surface area contributed by atoms with Gasteiger partial charge in [-0.15, -0.1) is 0 Å². The van der Waals surface area contributed by atoms with Gasteiger partial charge in [-0.05, 0) is 26.0 Å². The molecule has 1 heterocycles. The Morgan fingerprint density at radius 2 is 2.06 bits per heavy atom. The number of hydrogen-bond acceptors (Lipinski definition) is 3. The van der Waals surface area contributed by atoms with Crippen LogP contribution in [0.1, 0.15) is 25.6 Å². The second-order valence-corrected chi connectivity index (χ2v) is 3.91. The van der Waals surface area contributed by atoms with Gasteiger partial charge in [0, 0.05) is 12.6 Å². The molecule has 0 amide bonds. The quantitative estimate of drug-likeness (QED) is 0.880. The Bertz CT molecular complexity index is 477. The van der Waals surface area contributed by atoms with Crippen LogP contribution in [0.25, 0.3) is 0 Å². The average Bonchev–Trinajstić information content (AvgIpc) is 2.73. The molecule has 1 unspecified atom stereocenters. The van der Waals surface area contributed by atoms with Crippen molar-refractivity contribution in [1.82, 2.24) is 9.55 Å². The Labute approximate surface area is 101 Å². The van der Waals surface area contributed by atoms with Crippen molar-refractivity contribution >= 4 is 0 Å². The number of hydrogen-bond donors (Lipinski definition) is 1.